The zero-order valence-electron chi connectivity index (χ0n) is 8.71. The van der Waals surface area contributed by atoms with Crippen LogP contribution in [-0.2, 0) is 6.42 Å². The summed E-state index contributed by atoms with van der Waals surface area (Å²) >= 11 is 0. The molecular formula is C12H16O2. The maximum absolute atomic E-state index is 10.7. The first kappa shape index (κ1) is 10.8. The van der Waals surface area contributed by atoms with Crippen molar-refractivity contribution in [3.63, 3.8) is 0 Å². The lowest BCUT2D eigenvalue weighted by molar-refractivity contribution is 0.0696. The number of hydrogen-bond donors (Lipinski definition) is 1. The maximum Gasteiger partial charge on any atom is 0.335 e. The van der Waals surface area contributed by atoms with Gasteiger partial charge < -0.3 is 5.11 Å². The summed E-state index contributed by atoms with van der Waals surface area (Å²) in [5.41, 5.74) is 2.49. The van der Waals surface area contributed by atoms with E-state index in [0.29, 0.717) is 5.56 Å². The van der Waals surface area contributed by atoms with E-state index in [-0.39, 0.29) is 0 Å². The fourth-order valence-electron chi connectivity index (χ4n) is 1.50. The Kier molecular flexibility index (Phi) is 3.69. The SMILES string of the molecule is CCCCc1ccc(C(=O)O)c(C)c1. The van der Waals surface area contributed by atoms with E-state index >= 15 is 0 Å². The molecule has 14 heavy (non-hydrogen) atoms. The van der Waals surface area contributed by atoms with Gasteiger partial charge in [-0.2, -0.15) is 0 Å². The number of hydrogen-bond acceptors (Lipinski definition) is 1. The van der Waals surface area contributed by atoms with Gasteiger partial charge in [-0.25, -0.2) is 4.79 Å². The molecule has 0 heterocycles. The van der Waals surface area contributed by atoms with Gasteiger partial charge >= 0.3 is 5.97 Å². The monoisotopic (exact) mass is 192 g/mol. The number of unbranched alkanes of at least 4 members (excludes halogenated alkanes) is 1. The van der Waals surface area contributed by atoms with E-state index in [4.69, 9.17) is 5.11 Å². The van der Waals surface area contributed by atoms with Crippen molar-refractivity contribution in [1.82, 2.24) is 0 Å². The van der Waals surface area contributed by atoms with Crippen LogP contribution in [0.2, 0.25) is 0 Å². The Morgan fingerprint density at radius 1 is 1.43 bits per heavy atom. The van der Waals surface area contributed by atoms with Gasteiger partial charge in [0.25, 0.3) is 0 Å². The minimum Gasteiger partial charge on any atom is -0.478 e. The maximum atomic E-state index is 10.7. The number of rotatable bonds is 4. The molecule has 0 bridgehead atoms. The van der Waals surface area contributed by atoms with Gasteiger partial charge in [-0.05, 0) is 37.0 Å². The van der Waals surface area contributed by atoms with Crippen molar-refractivity contribution in [2.45, 2.75) is 33.1 Å². The molecule has 1 aromatic rings. The van der Waals surface area contributed by atoms with Gasteiger partial charge in [0.05, 0.1) is 5.56 Å². The van der Waals surface area contributed by atoms with Gasteiger partial charge in [-0.1, -0.05) is 25.5 Å². The number of aryl methyl sites for hydroxylation is 2. The molecule has 0 radical (unpaired) electrons. The summed E-state index contributed by atoms with van der Waals surface area (Å²) < 4.78 is 0. The number of carbonyl (C=O) groups is 1. The third-order valence-electron chi connectivity index (χ3n) is 2.34. The Labute approximate surface area is 84.6 Å². The highest BCUT2D eigenvalue weighted by molar-refractivity contribution is 5.89. The van der Waals surface area contributed by atoms with E-state index in [0.717, 1.165) is 18.4 Å². The topological polar surface area (TPSA) is 37.3 Å². The highest BCUT2D eigenvalue weighted by atomic mass is 16.4. The molecule has 1 N–H and O–H groups in total. The fourth-order valence-corrected chi connectivity index (χ4v) is 1.50. The molecule has 2 nitrogen and oxygen atoms in total. The van der Waals surface area contributed by atoms with Crippen LogP contribution in [0, 0.1) is 6.92 Å². The van der Waals surface area contributed by atoms with Crippen LogP contribution in [0.4, 0.5) is 0 Å². The summed E-state index contributed by atoms with van der Waals surface area (Å²) in [4.78, 5) is 10.7. The number of carboxylic acid groups (broad SMARTS) is 1. The standard InChI is InChI=1S/C12H16O2/c1-3-4-5-10-6-7-11(12(13)14)9(2)8-10/h6-8H,3-5H2,1-2H3,(H,13,14). The molecule has 2 heteroatoms. The molecule has 0 aliphatic rings. The van der Waals surface area contributed by atoms with E-state index < -0.39 is 5.97 Å². The molecule has 0 saturated heterocycles. The van der Waals surface area contributed by atoms with Crippen molar-refractivity contribution < 1.29 is 9.90 Å². The number of benzene rings is 1. The van der Waals surface area contributed by atoms with Crippen molar-refractivity contribution in [3.8, 4) is 0 Å². The molecule has 76 valence electrons. The summed E-state index contributed by atoms with van der Waals surface area (Å²) in [7, 11) is 0. The first-order valence-corrected chi connectivity index (χ1v) is 4.98. The molecule has 1 aromatic carbocycles. The summed E-state index contributed by atoms with van der Waals surface area (Å²) in [5, 5.41) is 8.83. The molecule has 0 amide bonds. The highest BCUT2D eigenvalue weighted by Crippen LogP contribution is 2.13. The second kappa shape index (κ2) is 4.80. The Morgan fingerprint density at radius 2 is 2.14 bits per heavy atom. The van der Waals surface area contributed by atoms with Crippen LogP contribution in [0.1, 0.15) is 41.3 Å². The van der Waals surface area contributed by atoms with Gasteiger partial charge in [0.15, 0.2) is 0 Å². The highest BCUT2D eigenvalue weighted by Gasteiger charge is 2.06. The first-order chi connectivity index (χ1) is 6.65. The Bertz CT molecular complexity index is 329. The minimum absolute atomic E-state index is 0.408. The van der Waals surface area contributed by atoms with Crippen LogP contribution >= 0.6 is 0 Å². The van der Waals surface area contributed by atoms with Crippen LogP contribution in [0.25, 0.3) is 0 Å². The lowest BCUT2D eigenvalue weighted by Crippen LogP contribution is -2.00. The Hall–Kier alpha value is -1.31. The number of carboxylic acids is 1. The second-order valence-corrected chi connectivity index (χ2v) is 3.56. The summed E-state index contributed by atoms with van der Waals surface area (Å²) in [6, 6.07) is 5.58. The van der Waals surface area contributed by atoms with Crippen molar-refractivity contribution in [1.29, 1.82) is 0 Å². The van der Waals surface area contributed by atoms with E-state index in [1.54, 1.807) is 6.07 Å². The van der Waals surface area contributed by atoms with Crippen molar-refractivity contribution in [2.75, 3.05) is 0 Å². The van der Waals surface area contributed by atoms with Gasteiger partial charge in [0.2, 0.25) is 0 Å². The number of aromatic carboxylic acids is 1. The summed E-state index contributed by atoms with van der Waals surface area (Å²) in [5.74, 6) is -0.843. The van der Waals surface area contributed by atoms with Gasteiger partial charge in [-0.3, -0.25) is 0 Å². The lowest BCUT2D eigenvalue weighted by atomic mass is 10.0. The molecule has 0 aliphatic carbocycles. The van der Waals surface area contributed by atoms with Crippen LogP contribution < -0.4 is 0 Å². The molecule has 0 aromatic heterocycles. The average Bonchev–Trinajstić information content (AvgIpc) is 2.14. The van der Waals surface area contributed by atoms with Crippen LogP contribution in [0.5, 0.6) is 0 Å². The van der Waals surface area contributed by atoms with E-state index in [9.17, 15) is 4.79 Å². The molecule has 0 saturated carbocycles. The Balaban J connectivity index is 2.83. The van der Waals surface area contributed by atoms with E-state index in [1.165, 1.54) is 12.0 Å². The van der Waals surface area contributed by atoms with Gasteiger partial charge in [0, 0.05) is 0 Å². The smallest absolute Gasteiger partial charge is 0.335 e. The average molecular weight is 192 g/mol. The second-order valence-electron chi connectivity index (χ2n) is 3.56. The van der Waals surface area contributed by atoms with Gasteiger partial charge in [-0.15, -0.1) is 0 Å². The molecule has 0 fully saturated rings. The zero-order chi connectivity index (χ0) is 10.6. The summed E-state index contributed by atoms with van der Waals surface area (Å²) in [6.45, 7) is 4.00. The normalized spacial score (nSPS) is 10.1. The third-order valence-corrected chi connectivity index (χ3v) is 2.34. The largest absolute Gasteiger partial charge is 0.478 e. The van der Waals surface area contributed by atoms with Gasteiger partial charge in [0.1, 0.15) is 0 Å². The predicted octanol–water partition coefficient (Wildman–Crippen LogP) is 3.04. The molecule has 0 aliphatic heterocycles. The van der Waals surface area contributed by atoms with Crippen molar-refractivity contribution in [3.05, 3.63) is 34.9 Å². The predicted molar refractivity (Wildman–Crippen MR) is 56.8 cm³/mol. The molecular weight excluding hydrogens is 176 g/mol. The molecule has 0 spiro atoms. The van der Waals surface area contributed by atoms with E-state index in [1.807, 2.05) is 19.1 Å². The van der Waals surface area contributed by atoms with Crippen LogP contribution in [0.15, 0.2) is 18.2 Å². The Morgan fingerprint density at radius 3 is 2.64 bits per heavy atom. The van der Waals surface area contributed by atoms with Crippen LogP contribution in [-0.4, -0.2) is 11.1 Å². The molecule has 0 unspecified atom stereocenters. The quantitative estimate of drug-likeness (QED) is 0.796. The molecule has 0 atom stereocenters. The zero-order valence-corrected chi connectivity index (χ0v) is 8.71. The van der Waals surface area contributed by atoms with Crippen LogP contribution in [0.3, 0.4) is 0 Å². The fraction of sp³-hybridized carbons (Fsp3) is 0.417. The van der Waals surface area contributed by atoms with E-state index in [2.05, 4.69) is 6.92 Å². The van der Waals surface area contributed by atoms with Crippen molar-refractivity contribution in [2.24, 2.45) is 0 Å². The first-order valence-electron chi connectivity index (χ1n) is 4.98. The summed E-state index contributed by atoms with van der Waals surface area (Å²) in [6.07, 6.45) is 3.36. The van der Waals surface area contributed by atoms with Crippen molar-refractivity contribution >= 4 is 5.97 Å². The minimum atomic E-state index is -0.843. The third kappa shape index (κ3) is 2.59. The molecule has 1 rings (SSSR count). The lowest BCUT2D eigenvalue weighted by Gasteiger charge is -2.04.